The van der Waals surface area contributed by atoms with E-state index in [1.54, 1.807) is 0 Å². The molecule has 1 aromatic heterocycles. The molecular formula is C21H27N3O3. The molecule has 2 aliphatic heterocycles. The molecule has 0 radical (unpaired) electrons. The summed E-state index contributed by atoms with van der Waals surface area (Å²) in [6.45, 7) is 6.04. The molecule has 6 heteroatoms. The number of carbonyl (C=O) groups excluding carboxylic acids is 1. The van der Waals surface area contributed by atoms with E-state index in [-0.39, 0.29) is 5.91 Å². The van der Waals surface area contributed by atoms with E-state index >= 15 is 0 Å². The molecule has 0 bridgehead atoms. The highest BCUT2D eigenvalue weighted by Crippen LogP contribution is 2.31. The van der Waals surface area contributed by atoms with Gasteiger partial charge in [0.05, 0.1) is 26.4 Å². The highest BCUT2D eigenvalue weighted by molar-refractivity contribution is 5.98. The molecule has 6 nitrogen and oxygen atoms in total. The molecule has 2 saturated heterocycles. The molecule has 3 fully saturated rings. The fourth-order valence-electron chi connectivity index (χ4n) is 4.37. The zero-order chi connectivity index (χ0) is 18.3. The number of rotatable bonds is 3. The second-order valence-corrected chi connectivity index (χ2v) is 8.27. The third-order valence-corrected chi connectivity index (χ3v) is 5.98. The van der Waals surface area contributed by atoms with Gasteiger partial charge in [-0.25, -0.2) is 0 Å². The van der Waals surface area contributed by atoms with Crippen molar-refractivity contribution in [2.75, 3.05) is 52.5 Å². The van der Waals surface area contributed by atoms with Crippen molar-refractivity contribution in [3.63, 3.8) is 0 Å². The topological polar surface area (TPSA) is 57.8 Å². The normalized spacial score (nSPS) is 27.2. The van der Waals surface area contributed by atoms with Crippen molar-refractivity contribution in [2.24, 2.45) is 5.92 Å². The van der Waals surface area contributed by atoms with Crippen molar-refractivity contribution in [3.05, 3.63) is 36.0 Å². The van der Waals surface area contributed by atoms with E-state index in [1.807, 2.05) is 35.4 Å². The van der Waals surface area contributed by atoms with Crippen LogP contribution in [0.15, 0.2) is 30.5 Å². The van der Waals surface area contributed by atoms with Crippen molar-refractivity contribution in [1.29, 1.82) is 0 Å². The summed E-state index contributed by atoms with van der Waals surface area (Å²) < 4.78 is 12.1. The van der Waals surface area contributed by atoms with Crippen LogP contribution in [0.1, 0.15) is 23.2 Å². The molecule has 1 aliphatic carbocycles. The van der Waals surface area contributed by atoms with Gasteiger partial charge in [-0.2, -0.15) is 0 Å². The number of hydrogen-bond donors (Lipinski definition) is 1. The molecule has 1 unspecified atom stereocenters. The first-order valence-electron chi connectivity index (χ1n) is 10.0. The van der Waals surface area contributed by atoms with Crippen LogP contribution in [0, 0.1) is 5.92 Å². The minimum atomic E-state index is -0.407. The minimum absolute atomic E-state index is 0.0761. The number of carbonyl (C=O) groups is 1. The summed E-state index contributed by atoms with van der Waals surface area (Å²) in [7, 11) is 0. The third-order valence-electron chi connectivity index (χ3n) is 5.98. The molecule has 1 atom stereocenters. The number of nitrogens with zero attached hydrogens (tertiary/aromatic N) is 2. The summed E-state index contributed by atoms with van der Waals surface area (Å²) in [5.41, 5.74) is 1.32. The molecule has 1 amide bonds. The molecule has 2 aromatic rings. The molecule has 1 saturated carbocycles. The maximum atomic E-state index is 13.1. The number of aromatic amines is 1. The Morgan fingerprint density at radius 2 is 2.11 bits per heavy atom. The molecule has 1 spiro atoms. The van der Waals surface area contributed by atoms with E-state index in [9.17, 15) is 4.79 Å². The van der Waals surface area contributed by atoms with Crippen molar-refractivity contribution in [1.82, 2.24) is 14.8 Å². The van der Waals surface area contributed by atoms with E-state index in [1.165, 1.54) is 12.8 Å². The summed E-state index contributed by atoms with van der Waals surface area (Å²) in [4.78, 5) is 20.8. The van der Waals surface area contributed by atoms with Gasteiger partial charge < -0.3 is 19.4 Å². The molecule has 1 N–H and O–H groups in total. The Hall–Kier alpha value is -1.89. The number of hydrogen-bond acceptors (Lipinski definition) is 4. The van der Waals surface area contributed by atoms with E-state index in [0.717, 1.165) is 48.6 Å². The number of morpholine rings is 1. The third kappa shape index (κ3) is 3.61. The van der Waals surface area contributed by atoms with Crippen molar-refractivity contribution in [3.8, 4) is 0 Å². The van der Waals surface area contributed by atoms with E-state index in [4.69, 9.17) is 9.47 Å². The first-order valence-corrected chi connectivity index (χ1v) is 10.0. The zero-order valence-corrected chi connectivity index (χ0v) is 15.7. The lowest BCUT2D eigenvalue weighted by Gasteiger charge is -2.43. The number of nitrogens with one attached hydrogen (secondary N) is 1. The fourth-order valence-corrected chi connectivity index (χ4v) is 4.37. The summed E-state index contributed by atoms with van der Waals surface area (Å²) in [5.74, 6) is 0.918. The number of aromatic nitrogens is 1. The number of amides is 1. The average molecular weight is 369 g/mol. The lowest BCUT2D eigenvalue weighted by Crippen LogP contribution is -2.60. The Balaban J connectivity index is 1.33. The van der Waals surface area contributed by atoms with Gasteiger partial charge in [-0.1, -0.05) is 6.07 Å². The smallest absolute Gasteiger partial charge is 0.254 e. The van der Waals surface area contributed by atoms with Crippen LogP contribution >= 0.6 is 0 Å². The highest BCUT2D eigenvalue weighted by Gasteiger charge is 2.42. The van der Waals surface area contributed by atoms with Gasteiger partial charge in [0.15, 0.2) is 0 Å². The van der Waals surface area contributed by atoms with E-state index in [0.29, 0.717) is 26.3 Å². The van der Waals surface area contributed by atoms with Crippen molar-refractivity contribution >= 4 is 16.8 Å². The predicted octanol–water partition coefficient (Wildman–Crippen LogP) is 2.12. The average Bonchev–Trinajstić information content (AvgIpc) is 3.41. The lowest BCUT2D eigenvalue weighted by molar-refractivity contribution is -0.133. The van der Waals surface area contributed by atoms with Crippen LogP contribution < -0.4 is 0 Å². The summed E-state index contributed by atoms with van der Waals surface area (Å²) >= 11 is 0. The fraction of sp³-hybridized carbons (Fsp3) is 0.571. The molecule has 27 heavy (non-hydrogen) atoms. The second kappa shape index (κ2) is 6.93. The van der Waals surface area contributed by atoms with Gasteiger partial charge in [0.2, 0.25) is 0 Å². The van der Waals surface area contributed by atoms with Gasteiger partial charge >= 0.3 is 0 Å². The van der Waals surface area contributed by atoms with Gasteiger partial charge in [-0.05, 0) is 42.3 Å². The van der Waals surface area contributed by atoms with Crippen molar-refractivity contribution in [2.45, 2.75) is 18.4 Å². The lowest BCUT2D eigenvalue weighted by atomic mass is 10.0. The summed E-state index contributed by atoms with van der Waals surface area (Å²) in [5, 5.41) is 1.12. The van der Waals surface area contributed by atoms with E-state index in [2.05, 4.69) is 9.88 Å². The van der Waals surface area contributed by atoms with Gasteiger partial charge in [-0.15, -0.1) is 0 Å². The first kappa shape index (κ1) is 17.2. The molecule has 1 aromatic carbocycles. The molecule has 144 valence electrons. The minimum Gasteiger partial charge on any atom is -0.377 e. The Kier molecular flexibility index (Phi) is 4.42. The first-order chi connectivity index (χ1) is 13.2. The van der Waals surface area contributed by atoms with Crippen LogP contribution in [0.3, 0.4) is 0 Å². The summed E-state index contributed by atoms with van der Waals surface area (Å²) in [6.07, 6.45) is 4.59. The van der Waals surface area contributed by atoms with Crippen LogP contribution in [0.25, 0.3) is 10.9 Å². The summed E-state index contributed by atoms with van der Waals surface area (Å²) in [6, 6.07) is 7.89. The Labute approximate surface area is 159 Å². The second-order valence-electron chi connectivity index (χ2n) is 8.27. The number of H-pyrrole nitrogens is 1. The number of ether oxygens (including phenoxy) is 2. The predicted molar refractivity (Wildman–Crippen MR) is 103 cm³/mol. The molecule has 5 rings (SSSR count). The van der Waals surface area contributed by atoms with Gasteiger partial charge in [0.1, 0.15) is 5.60 Å². The Bertz CT molecular complexity index is 831. The quantitative estimate of drug-likeness (QED) is 0.900. The van der Waals surface area contributed by atoms with Crippen LogP contribution in [0.2, 0.25) is 0 Å². The van der Waals surface area contributed by atoms with Crippen LogP contribution in [-0.4, -0.2) is 78.8 Å². The van der Waals surface area contributed by atoms with Crippen molar-refractivity contribution < 1.29 is 14.3 Å². The van der Waals surface area contributed by atoms with Crippen LogP contribution in [-0.2, 0) is 9.47 Å². The molecular weight excluding hydrogens is 342 g/mol. The van der Waals surface area contributed by atoms with E-state index < -0.39 is 5.60 Å². The standard InChI is InChI=1S/C21H27N3O3/c25-20(18-4-3-17-5-6-22-19(17)11-18)24-8-10-27-21(14-24)13-23(7-9-26-15-21)12-16-1-2-16/h3-6,11,16,22H,1-2,7-10,12-15H2. The Morgan fingerprint density at radius 3 is 3.00 bits per heavy atom. The van der Waals surface area contributed by atoms with Crippen LogP contribution in [0.4, 0.5) is 0 Å². The van der Waals surface area contributed by atoms with Gasteiger partial charge in [0, 0.05) is 43.5 Å². The number of benzene rings is 1. The molecule has 3 heterocycles. The van der Waals surface area contributed by atoms with Gasteiger partial charge in [0.25, 0.3) is 5.91 Å². The van der Waals surface area contributed by atoms with Crippen LogP contribution in [0.5, 0.6) is 0 Å². The number of fused-ring (bicyclic) bond motifs is 1. The maximum absolute atomic E-state index is 13.1. The highest BCUT2D eigenvalue weighted by atomic mass is 16.5. The largest absolute Gasteiger partial charge is 0.377 e. The Morgan fingerprint density at radius 1 is 1.19 bits per heavy atom. The van der Waals surface area contributed by atoms with Gasteiger partial charge in [-0.3, -0.25) is 9.69 Å². The molecule has 3 aliphatic rings. The maximum Gasteiger partial charge on any atom is 0.254 e. The monoisotopic (exact) mass is 369 g/mol. The SMILES string of the molecule is O=C(c1ccc2cc[nH]c2c1)N1CCOC2(COCCN(CC3CC3)C2)C1. The zero-order valence-electron chi connectivity index (χ0n) is 15.7.